The molecule has 1 heterocycles. The maximum atomic E-state index is 11.9. The first-order valence-electron chi connectivity index (χ1n) is 6.53. The number of carbonyl (C=O) groups is 1. The van der Waals surface area contributed by atoms with Crippen molar-refractivity contribution in [2.45, 2.75) is 25.7 Å². The predicted octanol–water partition coefficient (Wildman–Crippen LogP) is 3.40. The lowest BCUT2D eigenvalue weighted by molar-refractivity contribution is 0.0489. The van der Waals surface area contributed by atoms with Gasteiger partial charge in [0.1, 0.15) is 0 Å². The number of ether oxygens (including phenoxy) is 1. The summed E-state index contributed by atoms with van der Waals surface area (Å²) in [5, 5.41) is 0. The molecule has 0 radical (unpaired) electrons. The van der Waals surface area contributed by atoms with Crippen LogP contribution in [-0.4, -0.2) is 17.6 Å². The van der Waals surface area contributed by atoms with E-state index in [1.54, 1.807) is 6.92 Å². The second-order valence-electron chi connectivity index (χ2n) is 4.59. The third-order valence-electron chi connectivity index (χ3n) is 3.10. The fourth-order valence-corrected chi connectivity index (χ4v) is 2.01. The molecule has 0 bridgehead atoms. The van der Waals surface area contributed by atoms with Crippen LogP contribution in [0.5, 0.6) is 0 Å². The Morgan fingerprint density at radius 3 is 2.74 bits per heavy atom. The SMILES string of the molecule is CCOC(=O)c1oc(-c2ccccc2)nc1C1CC1. The molecule has 0 N–H and O–H groups in total. The Kier molecular flexibility index (Phi) is 3.07. The summed E-state index contributed by atoms with van der Waals surface area (Å²) in [5.41, 5.74) is 1.62. The number of carbonyl (C=O) groups excluding carboxylic acids is 1. The number of aromatic nitrogens is 1. The molecule has 0 spiro atoms. The minimum Gasteiger partial charge on any atom is -0.460 e. The number of hydrogen-bond donors (Lipinski definition) is 0. The average molecular weight is 257 g/mol. The maximum Gasteiger partial charge on any atom is 0.376 e. The minimum absolute atomic E-state index is 0.267. The van der Waals surface area contributed by atoms with Gasteiger partial charge >= 0.3 is 5.97 Å². The number of rotatable bonds is 4. The van der Waals surface area contributed by atoms with Crippen molar-refractivity contribution in [1.29, 1.82) is 0 Å². The average Bonchev–Trinajstić information content (AvgIpc) is 3.19. The number of hydrogen-bond acceptors (Lipinski definition) is 4. The molecule has 0 unspecified atom stereocenters. The molecular formula is C15H15NO3. The first kappa shape index (κ1) is 12.0. The van der Waals surface area contributed by atoms with Crippen molar-refractivity contribution >= 4 is 5.97 Å². The smallest absolute Gasteiger partial charge is 0.376 e. The quantitative estimate of drug-likeness (QED) is 0.788. The van der Waals surface area contributed by atoms with E-state index >= 15 is 0 Å². The van der Waals surface area contributed by atoms with Crippen molar-refractivity contribution in [2.24, 2.45) is 0 Å². The molecule has 0 aliphatic heterocycles. The summed E-state index contributed by atoms with van der Waals surface area (Å²) in [4.78, 5) is 16.4. The highest BCUT2D eigenvalue weighted by Gasteiger charge is 2.34. The summed E-state index contributed by atoms with van der Waals surface area (Å²) in [6, 6.07) is 9.59. The van der Waals surface area contributed by atoms with E-state index in [0.29, 0.717) is 18.4 Å². The predicted molar refractivity (Wildman–Crippen MR) is 69.9 cm³/mol. The summed E-state index contributed by atoms with van der Waals surface area (Å²) in [6.45, 7) is 2.12. The third-order valence-corrected chi connectivity index (χ3v) is 3.10. The van der Waals surface area contributed by atoms with Gasteiger partial charge in [-0.15, -0.1) is 0 Å². The van der Waals surface area contributed by atoms with Crippen molar-refractivity contribution < 1.29 is 13.9 Å². The molecule has 2 aromatic rings. The number of benzene rings is 1. The summed E-state index contributed by atoms with van der Waals surface area (Å²) in [7, 11) is 0. The molecule has 1 fully saturated rings. The van der Waals surface area contributed by atoms with Crippen LogP contribution < -0.4 is 0 Å². The molecule has 0 amide bonds. The fourth-order valence-electron chi connectivity index (χ4n) is 2.01. The first-order chi connectivity index (χ1) is 9.29. The van der Waals surface area contributed by atoms with Crippen LogP contribution in [0.1, 0.15) is 41.9 Å². The van der Waals surface area contributed by atoms with Crippen LogP contribution in [0.15, 0.2) is 34.7 Å². The molecule has 1 aliphatic rings. The normalized spacial score (nSPS) is 14.4. The van der Waals surface area contributed by atoms with Gasteiger partial charge in [0.05, 0.1) is 12.3 Å². The van der Waals surface area contributed by atoms with Gasteiger partial charge in [-0.1, -0.05) is 18.2 Å². The molecule has 0 atom stereocenters. The molecule has 4 nitrogen and oxygen atoms in total. The van der Waals surface area contributed by atoms with Crippen LogP contribution in [-0.2, 0) is 4.74 Å². The van der Waals surface area contributed by atoms with E-state index in [-0.39, 0.29) is 5.76 Å². The molecule has 1 aromatic carbocycles. The van der Waals surface area contributed by atoms with E-state index in [2.05, 4.69) is 4.98 Å². The summed E-state index contributed by atoms with van der Waals surface area (Å²) >= 11 is 0. The topological polar surface area (TPSA) is 52.3 Å². The Balaban J connectivity index is 1.99. The fraction of sp³-hybridized carbons (Fsp3) is 0.333. The summed E-state index contributed by atoms with van der Waals surface area (Å²) < 4.78 is 10.7. The van der Waals surface area contributed by atoms with E-state index in [9.17, 15) is 4.79 Å². The van der Waals surface area contributed by atoms with Gasteiger partial charge in [0.25, 0.3) is 0 Å². The molecule has 3 rings (SSSR count). The van der Waals surface area contributed by atoms with Crippen molar-refractivity contribution in [3.8, 4) is 11.5 Å². The van der Waals surface area contributed by atoms with Crippen LogP contribution in [0.2, 0.25) is 0 Å². The Bertz CT molecular complexity index is 585. The highest BCUT2D eigenvalue weighted by molar-refractivity contribution is 5.88. The first-order valence-corrected chi connectivity index (χ1v) is 6.53. The van der Waals surface area contributed by atoms with Crippen LogP contribution in [0.3, 0.4) is 0 Å². The third kappa shape index (κ3) is 2.38. The van der Waals surface area contributed by atoms with Crippen molar-refractivity contribution in [3.63, 3.8) is 0 Å². The lowest BCUT2D eigenvalue weighted by Gasteiger charge is -1.99. The Hall–Kier alpha value is -2.10. The second-order valence-corrected chi connectivity index (χ2v) is 4.59. The molecule has 1 aromatic heterocycles. The van der Waals surface area contributed by atoms with E-state index in [4.69, 9.17) is 9.15 Å². The zero-order chi connectivity index (χ0) is 13.2. The lowest BCUT2D eigenvalue weighted by atomic mass is 10.2. The Labute approximate surface area is 111 Å². The van der Waals surface area contributed by atoms with E-state index < -0.39 is 5.97 Å². The van der Waals surface area contributed by atoms with Gasteiger partial charge in [-0.3, -0.25) is 0 Å². The van der Waals surface area contributed by atoms with Gasteiger partial charge in [-0.2, -0.15) is 0 Å². The number of esters is 1. The summed E-state index contributed by atoms with van der Waals surface area (Å²) in [6.07, 6.45) is 2.13. The Morgan fingerprint density at radius 2 is 2.11 bits per heavy atom. The number of nitrogens with zero attached hydrogens (tertiary/aromatic N) is 1. The van der Waals surface area contributed by atoms with Gasteiger partial charge in [0, 0.05) is 11.5 Å². The van der Waals surface area contributed by atoms with Gasteiger partial charge in [0.2, 0.25) is 11.7 Å². The molecule has 19 heavy (non-hydrogen) atoms. The van der Waals surface area contributed by atoms with Crippen LogP contribution in [0, 0.1) is 0 Å². The zero-order valence-electron chi connectivity index (χ0n) is 10.8. The van der Waals surface area contributed by atoms with Crippen LogP contribution in [0.4, 0.5) is 0 Å². The monoisotopic (exact) mass is 257 g/mol. The van der Waals surface area contributed by atoms with E-state index in [0.717, 1.165) is 24.1 Å². The van der Waals surface area contributed by atoms with Crippen LogP contribution in [0.25, 0.3) is 11.5 Å². The molecule has 98 valence electrons. The molecule has 1 saturated carbocycles. The summed E-state index contributed by atoms with van der Waals surface area (Å²) in [5.74, 6) is 0.688. The molecule has 0 saturated heterocycles. The molecule has 4 heteroatoms. The van der Waals surface area contributed by atoms with Crippen molar-refractivity contribution in [1.82, 2.24) is 4.98 Å². The maximum absolute atomic E-state index is 11.9. The Morgan fingerprint density at radius 1 is 1.37 bits per heavy atom. The zero-order valence-corrected chi connectivity index (χ0v) is 10.8. The highest BCUT2D eigenvalue weighted by Crippen LogP contribution is 2.42. The van der Waals surface area contributed by atoms with Gasteiger partial charge in [0.15, 0.2) is 0 Å². The van der Waals surface area contributed by atoms with Gasteiger partial charge in [-0.05, 0) is 31.9 Å². The van der Waals surface area contributed by atoms with E-state index in [1.165, 1.54) is 0 Å². The minimum atomic E-state index is -0.418. The van der Waals surface area contributed by atoms with Gasteiger partial charge in [-0.25, -0.2) is 9.78 Å². The van der Waals surface area contributed by atoms with E-state index in [1.807, 2.05) is 30.3 Å². The lowest BCUT2D eigenvalue weighted by Crippen LogP contribution is -2.05. The number of oxazole rings is 1. The second kappa shape index (κ2) is 4.88. The molecule has 1 aliphatic carbocycles. The highest BCUT2D eigenvalue weighted by atomic mass is 16.5. The largest absolute Gasteiger partial charge is 0.460 e. The van der Waals surface area contributed by atoms with Crippen LogP contribution >= 0.6 is 0 Å². The standard InChI is InChI=1S/C15H15NO3/c1-2-18-15(17)13-12(10-8-9-10)16-14(19-13)11-6-4-3-5-7-11/h3-7,10H,2,8-9H2,1H3. The molecular weight excluding hydrogens is 242 g/mol. The van der Waals surface area contributed by atoms with Gasteiger partial charge < -0.3 is 9.15 Å². The van der Waals surface area contributed by atoms with Crippen molar-refractivity contribution in [3.05, 3.63) is 41.8 Å². The van der Waals surface area contributed by atoms with Crippen molar-refractivity contribution in [2.75, 3.05) is 6.61 Å².